The molecule has 18 nitrogen and oxygen atoms in total. The van der Waals surface area contributed by atoms with Crippen LogP contribution >= 0.6 is 23.2 Å². The Morgan fingerprint density at radius 1 is 0.635 bits per heavy atom. The minimum Gasteiger partial charge on any atom is -1.00 e. The zero-order valence-electron chi connectivity index (χ0n) is 38.2. The van der Waals surface area contributed by atoms with Crippen LogP contribution in [0.2, 0.25) is 0 Å². The Balaban J connectivity index is 0.000000322. The number of H-pyrrole nitrogens is 2. The summed E-state index contributed by atoms with van der Waals surface area (Å²) in [5, 5.41) is 18.9. The van der Waals surface area contributed by atoms with E-state index in [1.807, 2.05) is 0 Å². The Hall–Kier alpha value is -8.62. The van der Waals surface area contributed by atoms with Gasteiger partial charge in [0.2, 0.25) is 0 Å². The predicted octanol–water partition coefficient (Wildman–Crippen LogP) is 4.64. The number of alkyl halides is 6. The van der Waals surface area contributed by atoms with Crippen LogP contribution in [0, 0.1) is 40.1 Å². The number of nitriles is 2. The molecule has 28 heteroatoms. The molecular formula is C46H35Cl2F8N6O12-. The summed E-state index contributed by atoms with van der Waals surface area (Å²) in [4.78, 5) is 74.3. The van der Waals surface area contributed by atoms with Gasteiger partial charge in [0.05, 0.1) is 35.7 Å². The molecule has 0 bridgehead atoms. The fraction of sp³-hybridized carbons (Fsp3) is 0.217. The standard InChI is InChI=1S/C23H17ClF3N3O6.C12H4ClF4N3O2.C11H14O4.FH/c1-3-34-21(32)12(2)35-14-4-6-15(7-5-14)36-18-9-17(16(25)8-13(18)11-28)30-20(31)10-19(23(24,26)27)29-22(30)33;13-12(16,17)9-3-10(21)20(11(22)19-9)8-2-6(14)5(4-18)1-7(8)15;1-3-14-11(13)8(2)15-10-6-4-9(12)5-7-10;/h4-10,12H,3H2,1-2H3,(H,29,33);1-3H,(H,19,22);4-8,12H,3H2,1-2H3;1H/p-1. The second-order valence-electron chi connectivity index (χ2n) is 14.2. The van der Waals surface area contributed by atoms with Crippen molar-refractivity contribution >= 4 is 35.1 Å². The molecule has 0 aliphatic carbocycles. The van der Waals surface area contributed by atoms with E-state index in [0.29, 0.717) is 36.3 Å². The lowest BCUT2D eigenvalue weighted by Gasteiger charge is -2.15. The first kappa shape index (κ1) is 59.7. The predicted molar refractivity (Wildman–Crippen MR) is 242 cm³/mol. The average Bonchev–Trinajstić information content (AvgIpc) is 3.31. The molecule has 0 aliphatic heterocycles. The van der Waals surface area contributed by atoms with E-state index in [0.717, 1.165) is 12.1 Å². The Morgan fingerprint density at radius 2 is 1.01 bits per heavy atom. The largest absolute Gasteiger partial charge is 1.00 e. The molecule has 2 heterocycles. The van der Waals surface area contributed by atoms with Gasteiger partial charge < -0.3 is 43.5 Å². The molecule has 0 radical (unpaired) electrons. The molecule has 0 amide bonds. The van der Waals surface area contributed by atoms with E-state index in [1.165, 1.54) is 49.4 Å². The fourth-order valence-electron chi connectivity index (χ4n) is 5.69. The van der Waals surface area contributed by atoms with Gasteiger partial charge in [-0.15, -0.1) is 0 Å². The van der Waals surface area contributed by atoms with E-state index in [9.17, 15) is 64.8 Å². The lowest BCUT2D eigenvalue weighted by atomic mass is 10.1. The molecule has 2 unspecified atom stereocenters. The van der Waals surface area contributed by atoms with Crippen LogP contribution < -0.4 is 41.4 Å². The summed E-state index contributed by atoms with van der Waals surface area (Å²) in [7, 11) is 0. The summed E-state index contributed by atoms with van der Waals surface area (Å²) in [6.07, 6.45) is -1.52. The van der Waals surface area contributed by atoms with Gasteiger partial charge in [-0.2, -0.15) is 28.1 Å². The van der Waals surface area contributed by atoms with Crippen LogP contribution in [0.3, 0.4) is 0 Å². The summed E-state index contributed by atoms with van der Waals surface area (Å²) < 4.78 is 121. The van der Waals surface area contributed by atoms with Crippen LogP contribution in [-0.4, -0.2) is 61.6 Å². The van der Waals surface area contributed by atoms with E-state index in [-0.39, 0.29) is 49.3 Å². The molecule has 0 saturated carbocycles. The molecule has 74 heavy (non-hydrogen) atoms. The third-order valence-electron chi connectivity index (χ3n) is 9.04. The van der Waals surface area contributed by atoms with E-state index in [2.05, 4.69) is 11.6 Å². The second-order valence-corrected chi connectivity index (χ2v) is 15.2. The maximum atomic E-state index is 14.7. The SMILES string of the molecule is CCOC(=O)C(C)Oc1ccc(O)cc1.CCOC(=O)C(C)Oc1ccc(Oc2cc(-n3c(=O)cc(C(F)(F)Cl)[nH]c3=O)c(F)cc2C#N)cc1.N#Cc1cc(F)c(-n2c(=O)cc(C(F)(F)Cl)[nH]c2=O)cc1F.[F-]. The van der Waals surface area contributed by atoms with Crippen molar-refractivity contribution in [3.8, 4) is 52.3 Å². The first-order valence-corrected chi connectivity index (χ1v) is 21.2. The monoisotopic (exact) mass is 1090 g/mol. The van der Waals surface area contributed by atoms with E-state index in [4.69, 9.17) is 45.7 Å². The smallest absolute Gasteiger partial charge is 0.362 e. The van der Waals surface area contributed by atoms with E-state index in [1.54, 1.807) is 48.9 Å². The number of esters is 2. The highest BCUT2D eigenvalue weighted by Crippen LogP contribution is 2.32. The number of rotatable bonds is 14. The van der Waals surface area contributed by atoms with Gasteiger partial charge in [-0.05, 0) is 112 Å². The van der Waals surface area contributed by atoms with Crippen LogP contribution in [0.1, 0.15) is 50.2 Å². The van der Waals surface area contributed by atoms with Gasteiger partial charge in [0.15, 0.2) is 12.2 Å². The first-order chi connectivity index (χ1) is 34.2. The number of phenols is 1. The molecule has 0 fully saturated rings. The average molecular weight is 1090 g/mol. The number of hydrogen-bond acceptors (Lipinski definition) is 14. The number of ether oxygens (including phenoxy) is 5. The Labute approximate surface area is 420 Å². The second kappa shape index (κ2) is 25.7. The number of nitrogens with one attached hydrogen (secondary N) is 2. The number of nitrogens with zero attached hydrogens (tertiary/aromatic N) is 4. The van der Waals surface area contributed by atoms with Crippen molar-refractivity contribution < 1.29 is 73.8 Å². The highest BCUT2D eigenvalue weighted by molar-refractivity contribution is 6.21. The minimum atomic E-state index is -4.03. The van der Waals surface area contributed by atoms with Crippen molar-refractivity contribution in [3.05, 3.63) is 167 Å². The molecule has 0 saturated heterocycles. The summed E-state index contributed by atoms with van der Waals surface area (Å²) in [5.74, 6) is -3.65. The zero-order chi connectivity index (χ0) is 54.5. The number of phenolic OH excluding ortho intramolecular Hbond substituents is 1. The number of carbonyl (C=O) groups is 2. The van der Waals surface area contributed by atoms with Crippen LogP contribution in [-0.2, 0) is 29.8 Å². The van der Waals surface area contributed by atoms with Gasteiger partial charge >= 0.3 is 34.1 Å². The lowest BCUT2D eigenvalue weighted by molar-refractivity contribution is -0.151. The van der Waals surface area contributed by atoms with Crippen molar-refractivity contribution in [1.82, 2.24) is 19.1 Å². The maximum absolute atomic E-state index is 14.7. The first-order valence-electron chi connectivity index (χ1n) is 20.5. The maximum Gasteiger partial charge on any atom is 0.362 e. The number of halogens is 10. The number of aromatic amines is 2. The molecule has 2 aromatic heterocycles. The molecule has 392 valence electrons. The Bertz CT molecular complexity index is 3250. The summed E-state index contributed by atoms with van der Waals surface area (Å²) in [5.41, 5.74) is -10.2. The normalized spacial score (nSPS) is 11.6. The summed E-state index contributed by atoms with van der Waals surface area (Å²) >= 11 is 9.52. The number of benzene rings is 4. The summed E-state index contributed by atoms with van der Waals surface area (Å²) in [6, 6.07) is 18.2. The molecule has 2 atom stereocenters. The van der Waals surface area contributed by atoms with Gasteiger partial charge in [-0.1, -0.05) is 0 Å². The third kappa shape index (κ3) is 15.7. The molecule has 6 aromatic rings. The highest BCUT2D eigenvalue weighted by atomic mass is 35.5. The van der Waals surface area contributed by atoms with Crippen LogP contribution in [0.25, 0.3) is 11.4 Å². The number of hydrogen-bond donors (Lipinski definition) is 3. The van der Waals surface area contributed by atoms with Crippen molar-refractivity contribution in [1.29, 1.82) is 10.5 Å². The third-order valence-corrected chi connectivity index (χ3v) is 9.44. The van der Waals surface area contributed by atoms with Gasteiger partial charge in [0, 0.05) is 24.3 Å². The van der Waals surface area contributed by atoms with E-state index >= 15 is 0 Å². The van der Waals surface area contributed by atoms with Crippen molar-refractivity contribution in [3.63, 3.8) is 0 Å². The molecular weight excluding hydrogens is 1050 g/mol. The fourth-order valence-corrected chi connectivity index (χ4v) is 5.90. The van der Waals surface area contributed by atoms with Crippen LogP contribution in [0.5, 0.6) is 28.7 Å². The topological polar surface area (TPSA) is 258 Å². The Morgan fingerprint density at radius 3 is 1.39 bits per heavy atom. The van der Waals surface area contributed by atoms with Crippen LogP contribution in [0.4, 0.5) is 30.7 Å². The lowest BCUT2D eigenvalue weighted by Crippen LogP contribution is -3.00. The number of carbonyl (C=O) groups excluding carboxylic acids is 2. The molecule has 4 aromatic carbocycles. The van der Waals surface area contributed by atoms with Gasteiger partial charge in [0.1, 0.15) is 69.7 Å². The van der Waals surface area contributed by atoms with Gasteiger partial charge in [0.25, 0.3) is 11.1 Å². The molecule has 0 aliphatic rings. The van der Waals surface area contributed by atoms with Gasteiger partial charge in [-0.25, -0.2) is 41.5 Å². The van der Waals surface area contributed by atoms with Crippen LogP contribution in [0.15, 0.2) is 104 Å². The number of aromatic nitrogens is 4. The number of aromatic hydroxyl groups is 1. The quantitative estimate of drug-likeness (QED) is 0.0764. The minimum absolute atomic E-state index is 0. The zero-order valence-corrected chi connectivity index (χ0v) is 39.7. The molecule has 6 rings (SSSR count). The summed E-state index contributed by atoms with van der Waals surface area (Å²) in [6.45, 7) is 7.05. The molecule has 3 N–H and O–H groups in total. The van der Waals surface area contributed by atoms with E-state index < -0.39 is 103 Å². The highest BCUT2D eigenvalue weighted by Gasteiger charge is 2.32. The van der Waals surface area contributed by atoms with Gasteiger partial charge in [-0.3, -0.25) is 9.59 Å². The van der Waals surface area contributed by atoms with Crippen molar-refractivity contribution in [2.24, 2.45) is 0 Å². The van der Waals surface area contributed by atoms with Crippen molar-refractivity contribution in [2.75, 3.05) is 13.2 Å². The Kier molecular flexibility index (Phi) is 20.7. The van der Waals surface area contributed by atoms with Crippen molar-refractivity contribution in [2.45, 2.75) is 50.7 Å². The molecule has 0 spiro atoms.